The first kappa shape index (κ1) is 98.3. The summed E-state index contributed by atoms with van der Waals surface area (Å²) in [6, 6.07) is -15.1. The van der Waals surface area contributed by atoms with Crippen molar-refractivity contribution in [2.24, 2.45) is 46.4 Å². The molecule has 39 heteroatoms. The van der Waals surface area contributed by atoms with Crippen LogP contribution in [0.25, 0.3) is 0 Å². The molecule has 15 atom stereocenters. The fourth-order valence-electron chi connectivity index (χ4n) is 11.0. The fraction of sp³-hybridized carbons (Fsp3) is 0.690. The molecule has 0 radical (unpaired) electrons. The predicted octanol–water partition coefficient (Wildman–Crippen LogP) is -4.70. The van der Waals surface area contributed by atoms with Crippen molar-refractivity contribution < 1.29 is 102 Å². The third-order valence-corrected chi connectivity index (χ3v) is 17.4. The molecule has 0 fully saturated rings. The number of aliphatic hydroxyl groups excluding tert-OH is 1. The molecule has 0 saturated carbocycles. The van der Waals surface area contributed by atoms with Gasteiger partial charge in [0.1, 0.15) is 84.3 Å². The molecule has 0 bridgehead atoms. The van der Waals surface area contributed by atoms with Gasteiger partial charge in [0.2, 0.25) is 76.8 Å². The van der Waals surface area contributed by atoms with Crippen LogP contribution in [0.4, 0.5) is 0 Å². The largest absolute Gasteiger partial charge is 0.508 e. The Bertz CT molecular complexity index is 3200. The van der Waals surface area contributed by atoms with E-state index in [9.17, 15) is 102 Å². The van der Waals surface area contributed by atoms with Crippen LogP contribution >= 0.6 is 0 Å². The van der Waals surface area contributed by atoms with Crippen LogP contribution in [0.2, 0.25) is 0 Å². The van der Waals surface area contributed by atoms with E-state index < -0.39 is 216 Å². The van der Waals surface area contributed by atoms with Gasteiger partial charge in [-0.25, -0.2) is 4.79 Å². The van der Waals surface area contributed by atoms with E-state index in [1.807, 2.05) is 0 Å². The molecule has 622 valence electrons. The van der Waals surface area contributed by atoms with Gasteiger partial charge in [-0.3, -0.25) is 71.9 Å². The molecule has 13 amide bonds. The predicted molar refractivity (Wildman–Crippen MR) is 401 cm³/mol. The van der Waals surface area contributed by atoms with Crippen molar-refractivity contribution in [3.8, 4) is 5.75 Å². The van der Waals surface area contributed by atoms with Crippen molar-refractivity contribution in [3.63, 3.8) is 0 Å². The summed E-state index contributed by atoms with van der Waals surface area (Å²) in [7, 11) is 0. The Balaban J connectivity index is 3.50. The van der Waals surface area contributed by atoms with Crippen molar-refractivity contribution in [3.05, 3.63) is 29.8 Å². The third-order valence-electron chi connectivity index (χ3n) is 17.4. The summed E-state index contributed by atoms with van der Waals surface area (Å²) in [5, 5.41) is 82.4. The monoisotopic (exact) mass is 1560 g/mol. The van der Waals surface area contributed by atoms with E-state index in [2.05, 4.69) is 69.1 Å². The van der Waals surface area contributed by atoms with Crippen molar-refractivity contribution >= 4 is 94.7 Å². The SMILES string of the molecule is CC(C)C[C@H](NC(=O)[C@H](CC(=O)O)NC(=O)[C@H](C)N)C(=O)N[C@@H](CCC(=O)O)C(=O)N[C@H](C(=O)N[C@H](C(=O)N[C@@H](C)C(=O)N[C@@H](C)C(=O)N[C@H](C(=O)N[C@@H](Cc1ccc(O)cc1)C(=O)N[C@@H](CCCCN)C(=O)N[C@@H](CCCCN)C(=O)N[C@@H](CCCCN)C(=O)N[C@@H](CCCCN)C(=O)O)[C@@H](C)O)C(C)C)C(C)C. The first-order valence-electron chi connectivity index (χ1n) is 37.3. The molecule has 0 unspecified atom stereocenters. The Kier molecular flexibility index (Phi) is 46.2. The van der Waals surface area contributed by atoms with Crippen LogP contribution in [-0.4, -0.2) is 237 Å². The Morgan fingerprint density at radius 2 is 0.664 bits per heavy atom. The molecule has 0 aliphatic heterocycles. The minimum Gasteiger partial charge on any atom is -0.508 e. The fourth-order valence-corrected chi connectivity index (χ4v) is 11.0. The second kappa shape index (κ2) is 51.6. The number of carboxylic acids is 3. The number of rotatable bonds is 55. The number of aliphatic carboxylic acids is 3. The van der Waals surface area contributed by atoms with E-state index in [0.717, 1.165) is 6.92 Å². The molecule has 1 aromatic carbocycles. The second-order valence-electron chi connectivity index (χ2n) is 28.4. The van der Waals surface area contributed by atoms with Gasteiger partial charge in [-0.2, -0.15) is 0 Å². The van der Waals surface area contributed by atoms with E-state index in [1.165, 1.54) is 58.9 Å². The van der Waals surface area contributed by atoms with Crippen molar-refractivity contribution in [2.75, 3.05) is 26.2 Å². The number of aromatic hydroxyl groups is 1. The van der Waals surface area contributed by atoms with Crippen molar-refractivity contribution in [2.45, 2.75) is 269 Å². The van der Waals surface area contributed by atoms with Gasteiger partial charge in [0.05, 0.1) is 18.6 Å². The first-order chi connectivity index (χ1) is 51.6. The lowest BCUT2D eigenvalue weighted by molar-refractivity contribution is -0.142. The lowest BCUT2D eigenvalue weighted by Crippen LogP contribution is -2.62. The topological polar surface area (TPSA) is 661 Å². The number of nitrogens with two attached hydrogens (primary N) is 5. The van der Waals surface area contributed by atoms with Crippen LogP contribution in [0.15, 0.2) is 24.3 Å². The smallest absolute Gasteiger partial charge is 0.326 e. The normalized spacial score (nSPS) is 15.4. The van der Waals surface area contributed by atoms with Gasteiger partial charge >= 0.3 is 17.9 Å². The number of benzene rings is 1. The molecule has 110 heavy (non-hydrogen) atoms. The second-order valence-corrected chi connectivity index (χ2v) is 28.4. The molecular weight excluding hydrogens is 1440 g/mol. The molecule has 0 heterocycles. The highest BCUT2D eigenvalue weighted by molar-refractivity contribution is 6.00. The molecular formula is C71H122N18O21. The molecule has 0 spiro atoms. The number of carbonyl (C=O) groups excluding carboxylic acids is 13. The Hall–Kier alpha value is -9.70. The zero-order valence-electron chi connectivity index (χ0n) is 64.7. The van der Waals surface area contributed by atoms with E-state index in [4.69, 9.17) is 28.7 Å². The first-order valence-corrected chi connectivity index (χ1v) is 37.3. The molecule has 39 nitrogen and oxygen atoms in total. The highest BCUT2D eigenvalue weighted by Gasteiger charge is 2.39. The van der Waals surface area contributed by atoms with Gasteiger partial charge in [0.15, 0.2) is 0 Å². The number of phenolic OH excluding ortho intramolecular Hbond substituents is 1. The van der Waals surface area contributed by atoms with E-state index in [-0.39, 0.29) is 76.2 Å². The number of carboxylic acid groups (broad SMARTS) is 3. The van der Waals surface area contributed by atoms with E-state index >= 15 is 0 Å². The highest BCUT2D eigenvalue weighted by Crippen LogP contribution is 2.16. The summed E-state index contributed by atoms with van der Waals surface area (Å²) < 4.78 is 0. The number of aliphatic hydroxyl groups is 1. The zero-order valence-corrected chi connectivity index (χ0v) is 64.7. The molecule has 0 aliphatic carbocycles. The van der Waals surface area contributed by atoms with Gasteiger partial charge in [-0.1, -0.05) is 53.7 Å². The lowest BCUT2D eigenvalue weighted by Gasteiger charge is -2.30. The van der Waals surface area contributed by atoms with Crippen LogP contribution in [0.3, 0.4) is 0 Å². The van der Waals surface area contributed by atoms with Gasteiger partial charge in [-0.05, 0) is 179 Å². The maximum absolute atomic E-state index is 14.6. The Labute approximate surface area is 641 Å². The summed E-state index contributed by atoms with van der Waals surface area (Å²) in [5.41, 5.74) is 28.9. The van der Waals surface area contributed by atoms with E-state index in [1.54, 1.807) is 27.7 Å². The summed E-state index contributed by atoms with van der Waals surface area (Å²) >= 11 is 0. The average Bonchev–Trinajstić information content (AvgIpc) is 0.842. The van der Waals surface area contributed by atoms with Crippen LogP contribution in [0.5, 0.6) is 5.75 Å². The third kappa shape index (κ3) is 37.6. The van der Waals surface area contributed by atoms with Crippen LogP contribution in [0.1, 0.15) is 178 Å². The van der Waals surface area contributed by atoms with Gasteiger partial charge in [0.25, 0.3) is 0 Å². The minimum absolute atomic E-state index is 0.00217. The summed E-state index contributed by atoms with van der Waals surface area (Å²) in [6.07, 6.45) is -1.14. The number of unbranched alkanes of at least 4 members (excludes halogenated alkanes) is 4. The zero-order chi connectivity index (χ0) is 83.7. The quantitative estimate of drug-likeness (QED) is 0.0273. The lowest BCUT2D eigenvalue weighted by atomic mass is 9.98. The van der Waals surface area contributed by atoms with Crippen molar-refractivity contribution in [1.82, 2.24) is 69.1 Å². The molecule has 1 rings (SSSR count). The van der Waals surface area contributed by atoms with Crippen LogP contribution in [0, 0.1) is 17.8 Å². The van der Waals surface area contributed by atoms with Crippen molar-refractivity contribution in [1.29, 1.82) is 0 Å². The number of hydrogen-bond acceptors (Lipinski definition) is 23. The van der Waals surface area contributed by atoms with E-state index in [0.29, 0.717) is 57.1 Å². The molecule has 0 aliphatic rings. The summed E-state index contributed by atoms with van der Waals surface area (Å²) in [5.74, 6) is -18.6. The minimum atomic E-state index is -1.85. The van der Waals surface area contributed by atoms with Gasteiger partial charge < -0.3 is 123 Å². The molecule has 0 saturated heterocycles. The maximum atomic E-state index is 14.6. The summed E-state index contributed by atoms with van der Waals surface area (Å²) in [6.45, 7) is 15.3. The highest BCUT2D eigenvalue weighted by atomic mass is 16.4. The maximum Gasteiger partial charge on any atom is 0.326 e. The summed E-state index contributed by atoms with van der Waals surface area (Å²) in [4.78, 5) is 216. The van der Waals surface area contributed by atoms with Crippen LogP contribution in [-0.2, 0) is 83.1 Å². The number of hydrogen-bond donors (Lipinski definition) is 23. The van der Waals surface area contributed by atoms with Gasteiger partial charge in [-0.15, -0.1) is 0 Å². The number of amides is 13. The molecule has 0 aromatic heterocycles. The Morgan fingerprint density at radius 1 is 0.345 bits per heavy atom. The average molecular weight is 1560 g/mol. The molecule has 1 aromatic rings. The number of nitrogens with one attached hydrogen (secondary N) is 13. The number of carbonyl (C=O) groups is 16. The van der Waals surface area contributed by atoms with Crippen LogP contribution < -0.4 is 97.8 Å². The molecule has 28 N–H and O–H groups in total. The van der Waals surface area contributed by atoms with Gasteiger partial charge in [0, 0.05) is 12.8 Å². The number of phenols is 1. The Morgan fingerprint density at radius 3 is 1.05 bits per heavy atom. The standard InChI is InChI=1S/C71H122N18O21/c1-36(2)33-50(85-67(105)52(35-54(94)95)84-58(96)39(7)76)65(103)82-48(27-28-53(92)93)64(102)87-56(38(5)6)69(107)88-55(37(3)4)68(106)78-40(8)59(97)77-41(9)60(98)89-57(42(10)90)70(108)86-51(34-43-23-25-44(91)26-24-43)66(104)81-46(20-12-16-30-73)62(100)79-45(19-11-15-29-72)61(99)80-47(21-13-17-31-74)63(101)83-49(71(109)110)22-14-18-32-75/h23-26,36-42,45-52,55-57,90-91H,11-22,27-35,72-76H2,1-10H3,(H,77,97)(H,78,106)(H,79,100)(H,80,99)(H,81,104)(H,82,103)(H,83,101)(H,84,96)(H,85,105)(H,86,108)(H,87,102)(H,88,107)(H,89,98)(H,92,93)(H,94,95)(H,109,110)/t39-,40-,41-,42+,45-,46-,47-,48-,49-,50-,51-,52-,55-,56-,57-/m0/s1.